The Balaban J connectivity index is 1.92. The van der Waals surface area contributed by atoms with Crippen molar-refractivity contribution in [1.82, 2.24) is 0 Å². The SMILES string of the molecule is O=c1c(Nc2ccc(Cl)c([SH](=O)=O)c2O)c(NC2CCCC2)c1=O. The molecular formula is C15H15ClN2O5S. The van der Waals surface area contributed by atoms with Crippen molar-refractivity contribution >= 4 is 39.4 Å². The van der Waals surface area contributed by atoms with Crippen LogP contribution in [-0.4, -0.2) is 19.6 Å². The van der Waals surface area contributed by atoms with Crippen LogP contribution in [0.3, 0.4) is 0 Å². The summed E-state index contributed by atoms with van der Waals surface area (Å²) in [7, 11) is -3.11. The van der Waals surface area contributed by atoms with Crippen molar-refractivity contribution in [3.8, 4) is 5.75 Å². The largest absolute Gasteiger partial charge is 0.504 e. The zero-order valence-corrected chi connectivity index (χ0v) is 14.1. The summed E-state index contributed by atoms with van der Waals surface area (Å²) in [5.74, 6) is -0.585. The van der Waals surface area contributed by atoms with Crippen LogP contribution in [0.4, 0.5) is 17.1 Å². The van der Waals surface area contributed by atoms with Crippen LogP contribution < -0.4 is 21.5 Å². The Kier molecular flexibility index (Phi) is 4.51. The molecule has 128 valence electrons. The molecule has 9 heteroatoms. The van der Waals surface area contributed by atoms with E-state index in [4.69, 9.17) is 11.6 Å². The first-order valence-electron chi connectivity index (χ1n) is 7.43. The number of hydrogen-bond acceptors (Lipinski definition) is 7. The summed E-state index contributed by atoms with van der Waals surface area (Å²) in [5, 5.41) is 15.6. The fourth-order valence-electron chi connectivity index (χ4n) is 2.89. The summed E-state index contributed by atoms with van der Waals surface area (Å²) in [6.45, 7) is 0. The average molecular weight is 371 g/mol. The molecule has 0 amide bonds. The number of nitrogens with one attached hydrogen (secondary N) is 2. The summed E-state index contributed by atoms with van der Waals surface area (Å²) in [4.78, 5) is 23.2. The van der Waals surface area contributed by atoms with Crippen LogP contribution in [0.15, 0.2) is 26.6 Å². The molecule has 2 aromatic carbocycles. The van der Waals surface area contributed by atoms with E-state index in [1.165, 1.54) is 12.1 Å². The van der Waals surface area contributed by atoms with Crippen LogP contribution in [0.1, 0.15) is 25.7 Å². The Morgan fingerprint density at radius 1 is 1.08 bits per heavy atom. The van der Waals surface area contributed by atoms with Gasteiger partial charge in [0, 0.05) is 6.04 Å². The van der Waals surface area contributed by atoms with Gasteiger partial charge in [0.25, 0.3) is 10.9 Å². The Hall–Kier alpha value is -2.06. The van der Waals surface area contributed by atoms with Gasteiger partial charge in [-0.3, -0.25) is 9.59 Å². The summed E-state index contributed by atoms with van der Waals surface area (Å²) in [5.41, 5.74) is -1.13. The van der Waals surface area contributed by atoms with Crippen molar-refractivity contribution in [3.63, 3.8) is 0 Å². The zero-order chi connectivity index (χ0) is 17.4. The Morgan fingerprint density at radius 2 is 1.71 bits per heavy atom. The summed E-state index contributed by atoms with van der Waals surface area (Å²) >= 11 is 5.76. The first-order valence-corrected chi connectivity index (χ1v) is 8.98. The highest BCUT2D eigenvalue weighted by molar-refractivity contribution is 7.72. The molecule has 0 unspecified atom stereocenters. The second-order valence-corrected chi connectivity index (χ2v) is 7.08. The van der Waals surface area contributed by atoms with Crippen LogP contribution in [0, 0.1) is 0 Å². The van der Waals surface area contributed by atoms with Crippen LogP contribution in [-0.2, 0) is 10.7 Å². The van der Waals surface area contributed by atoms with E-state index in [-0.39, 0.29) is 28.1 Å². The molecule has 3 N–H and O–H groups in total. The van der Waals surface area contributed by atoms with Crippen molar-refractivity contribution in [2.45, 2.75) is 36.6 Å². The molecule has 0 saturated heterocycles. The summed E-state index contributed by atoms with van der Waals surface area (Å²) in [6, 6.07) is 2.77. The second kappa shape index (κ2) is 6.45. The minimum absolute atomic E-state index is 0.00447. The Bertz CT molecular complexity index is 932. The van der Waals surface area contributed by atoms with Crippen LogP contribution in [0.2, 0.25) is 5.02 Å². The topological polar surface area (TPSA) is 113 Å². The van der Waals surface area contributed by atoms with E-state index in [0.29, 0.717) is 0 Å². The second-order valence-electron chi connectivity index (χ2n) is 5.71. The van der Waals surface area contributed by atoms with Gasteiger partial charge in [0.2, 0.25) is 0 Å². The maximum absolute atomic E-state index is 11.8. The summed E-state index contributed by atoms with van der Waals surface area (Å²) < 4.78 is 22.4. The van der Waals surface area contributed by atoms with Crippen molar-refractivity contribution < 1.29 is 13.5 Å². The first-order chi connectivity index (χ1) is 11.4. The number of phenolic OH excluding ortho intramolecular Hbond substituents is 1. The zero-order valence-electron chi connectivity index (χ0n) is 12.5. The smallest absolute Gasteiger partial charge is 0.253 e. The minimum Gasteiger partial charge on any atom is -0.504 e. The lowest BCUT2D eigenvalue weighted by Gasteiger charge is -2.19. The molecule has 1 aliphatic carbocycles. The maximum atomic E-state index is 11.8. The summed E-state index contributed by atoms with van der Waals surface area (Å²) in [6.07, 6.45) is 3.97. The number of rotatable bonds is 5. The molecule has 2 aromatic rings. The number of benzene rings is 1. The molecule has 24 heavy (non-hydrogen) atoms. The maximum Gasteiger partial charge on any atom is 0.253 e. The van der Waals surface area contributed by atoms with Gasteiger partial charge in [-0.25, -0.2) is 8.42 Å². The lowest BCUT2D eigenvalue weighted by atomic mass is 10.1. The minimum atomic E-state index is -3.11. The van der Waals surface area contributed by atoms with Gasteiger partial charge >= 0.3 is 0 Å². The van der Waals surface area contributed by atoms with E-state index in [1.807, 2.05) is 0 Å². The number of halogens is 1. The number of aromatic hydroxyl groups is 1. The van der Waals surface area contributed by atoms with Crippen molar-refractivity contribution in [3.05, 3.63) is 37.6 Å². The van der Waals surface area contributed by atoms with Crippen molar-refractivity contribution in [2.75, 3.05) is 10.6 Å². The number of anilines is 3. The van der Waals surface area contributed by atoms with E-state index in [9.17, 15) is 23.1 Å². The molecular weight excluding hydrogens is 356 g/mol. The van der Waals surface area contributed by atoms with Gasteiger partial charge < -0.3 is 15.7 Å². The van der Waals surface area contributed by atoms with Crippen LogP contribution >= 0.6 is 11.6 Å². The highest BCUT2D eigenvalue weighted by atomic mass is 35.5. The highest BCUT2D eigenvalue weighted by Crippen LogP contribution is 2.36. The molecule has 0 spiro atoms. The number of thiol groups is 1. The van der Waals surface area contributed by atoms with Gasteiger partial charge in [-0.05, 0) is 25.0 Å². The Morgan fingerprint density at radius 3 is 2.33 bits per heavy atom. The normalized spacial score (nSPS) is 15.2. The quantitative estimate of drug-likeness (QED) is 0.360. The highest BCUT2D eigenvalue weighted by Gasteiger charge is 2.26. The predicted molar refractivity (Wildman–Crippen MR) is 92.2 cm³/mol. The van der Waals surface area contributed by atoms with Crippen LogP contribution in [0.5, 0.6) is 5.75 Å². The standard InChI is InChI=1S/C15H15ClN2O5S/c16-8-5-6-9(12(19)15(8)24(22)23)18-11-10(13(20)14(11)21)17-7-3-1-2-4-7/h5-7,17-19,24H,1-4H2. The number of hydrogen-bond donors (Lipinski definition) is 4. The molecule has 0 aliphatic heterocycles. The molecule has 3 rings (SSSR count). The predicted octanol–water partition coefficient (Wildman–Crippen LogP) is 1.71. The van der Waals surface area contributed by atoms with Gasteiger partial charge in [-0.15, -0.1) is 0 Å². The third kappa shape index (κ3) is 2.87. The molecule has 0 heterocycles. The average Bonchev–Trinajstić information content (AvgIpc) is 3.05. The first kappa shape index (κ1) is 16.8. The van der Waals surface area contributed by atoms with E-state index >= 15 is 0 Å². The molecule has 1 fully saturated rings. The molecule has 0 atom stereocenters. The lowest BCUT2D eigenvalue weighted by Crippen LogP contribution is -2.38. The van der Waals surface area contributed by atoms with Gasteiger partial charge in [-0.2, -0.15) is 0 Å². The monoisotopic (exact) mass is 370 g/mol. The van der Waals surface area contributed by atoms with E-state index in [0.717, 1.165) is 25.7 Å². The fraction of sp³-hybridized carbons (Fsp3) is 0.333. The van der Waals surface area contributed by atoms with Crippen molar-refractivity contribution in [2.24, 2.45) is 0 Å². The molecule has 7 nitrogen and oxygen atoms in total. The van der Waals surface area contributed by atoms with E-state index < -0.39 is 32.2 Å². The molecule has 0 aromatic heterocycles. The number of phenols is 1. The van der Waals surface area contributed by atoms with E-state index in [2.05, 4.69) is 10.6 Å². The van der Waals surface area contributed by atoms with Gasteiger partial charge in [-0.1, -0.05) is 24.4 Å². The lowest BCUT2D eigenvalue weighted by molar-refractivity contribution is 0.462. The van der Waals surface area contributed by atoms with Gasteiger partial charge in [0.1, 0.15) is 16.3 Å². The van der Waals surface area contributed by atoms with Crippen LogP contribution in [0.25, 0.3) is 0 Å². The van der Waals surface area contributed by atoms with Gasteiger partial charge in [0.15, 0.2) is 16.5 Å². The molecule has 1 aliphatic rings. The third-order valence-corrected chi connectivity index (χ3v) is 5.42. The van der Waals surface area contributed by atoms with Crippen molar-refractivity contribution in [1.29, 1.82) is 0 Å². The fourth-order valence-corrected chi connectivity index (χ4v) is 3.79. The van der Waals surface area contributed by atoms with E-state index in [1.54, 1.807) is 0 Å². The Labute approximate surface area is 143 Å². The molecule has 0 bridgehead atoms. The molecule has 1 saturated carbocycles. The molecule has 0 radical (unpaired) electrons. The third-order valence-electron chi connectivity index (χ3n) is 4.16. The van der Waals surface area contributed by atoms with Gasteiger partial charge in [0.05, 0.1) is 10.7 Å².